The molecule has 4 heteroatoms. The summed E-state index contributed by atoms with van der Waals surface area (Å²) >= 11 is 0. The van der Waals surface area contributed by atoms with Gasteiger partial charge >= 0.3 is 0 Å². The van der Waals surface area contributed by atoms with Crippen molar-refractivity contribution >= 4 is 16.8 Å². The van der Waals surface area contributed by atoms with Gasteiger partial charge in [-0.2, -0.15) is 0 Å². The molecule has 0 bridgehead atoms. The van der Waals surface area contributed by atoms with E-state index >= 15 is 0 Å². The minimum Gasteiger partial charge on any atom is -0.492 e. The lowest BCUT2D eigenvalue weighted by molar-refractivity contribution is 0.102. The second-order valence-electron chi connectivity index (χ2n) is 7.62. The summed E-state index contributed by atoms with van der Waals surface area (Å²) in [6.07, 6.45) is 0. The van der Waals surface area contributed by atoms with Gasteiger partial charge in [0.05, 0.1) is 5.56 Å². The van der Waals surface area contributed by atoms with Crippen molar-refractivity contribution in [1.82, 2.24) is 4.90 Å². The zero-order valence-corrected chi connectivity index (χ0v) is 15.6. The Morgan fingerprint density at radius 2 is 1.88 bits per heavy atom. The lowest BCUT2D eigenvalue weighted by atomic mass is 9.72. The Morgan fingerprint density at radius 3 is 2.65 bits per heavy atom. The summed E-state index contributed by atoms with van der Waals surface area (Å²) in [5.41, 5.74) is 2.73. The molecule has 26 heavy (non-hydrogen) atoms. The minimum atomic E-state index is -0.404. The van der Waals surface area contributed by atoms with E-state index in [0.717, 1.165) is 40.2 Å². The number of likely N-dealkylation sites (N-methyl/N-ethyl adjacent to an activating group) is 1. The van der Waals surface area contributed by atoms with Crippen molar-refractivity contribution in [3.8, 4) is 5.75 Å². The highest BCUT2D eigenvalue weighted by atomic mass is 16.5. The average Bonchev–Trinajstić information content (AvgIpc) is 3.00. The molecule has 134 valence electrons. The fraction of sp³-hybridized carbons (Fsp3) is 0.318. The number of para-hydroxylation sites is 1. The quantitative estimate of drug-likeness (QED) is 0.706. The number of benzene rings is 2. The van der Waals surface area contributed by atoms with Crippen molar-refractivity contribution in [3.05, 3.63) is 64.9 Å². The van der Waals surface area contributed by atoms with Gasteiger partial charge in [-0.05, 0) is 57.8 Å². The summed E-state index contributed by atoms with van der Waals surface area (Å²) in [6.45, 7) is 5.65. The van der Waals surface area contributed by atoms with Crippen LogP contribution in [0.15, 0.2) is 46.9 Å². The van der Waals surface area contributed by atoms with Crippen molar-refractivity contribution in [2.75, 3.05) is 27.2 Å². The van der Waals surface area contributed by atoms with E-state index in [0.29, 0.717) is 12.2 Å². The van der Waals surface area contributed by atoms with Gasteiger partial charge < -0.3 is 14.1 Å². The normalized spacial score (nSPS) is 15.2. The molecule has 4 nitrogen and oxygen atoms in total. The van der Waals surface area contributed by atoms with Crippen molar-refractivity contribution in [2.45, 2.75) is 19.3 Å². The van der Waals surface area contributed by atoms with E-state index in [1.165, 1.54) is 0 Å². The third-order valence-electron chi connectivity index (χ3n) is 5.11. The van der Waals surface area contributed by atoms with Crippen LogP contribution in [0, 0.1) is 0 Å². The van der Waals surface area contributed by atoms with Gasteiger partial charge in [-0.3, -0.25) is 4.79 Å². The minimum absolute atomic E-state index is 0.0270. The van der Waals surface area contributed by atoms with Crippen LogP contribution >= 0.6 is 0 Å². The lowest BCUT2D eigenvalue weighted by Gasteiger charge is -2.31. The maximum absolute atomic E-state index is 13.2. The number of ether oxygens (including phenoxy) is 1. The Labute approximate surface area is 153 Å². The number of ketones is 1. The molecule has 0 unspecified atom stereocenters. The van der Waals surface area contributed by atoms with Gasteiger partial charge in [0.15, 0.2) is 5.78 Å². The van der Waals surface area contributed by atoms with Gasteiger partial charge in [-0.25, -0.2) is 0 Å². The summed E-state index contributed by atoms with van der Waals surface area (Å²) in [7, 11) is 4.03. The van der Waals surface area contributed by atoms with Crippen molar-refractivity contribution in [1.29, 1.82) is 0 Å². The average molecular weight is 349 g/mol. The van der Waals surface area contributed by atoms with Crippen molar-refractivity contribution < 1.29 is 13.9 Å². The second-order valence-corrected chi connectivity index (χ2v) is 7.62. The Balaban J connectivity index is 1.80. The number of carbonyl (C=O) groups excluding carboxylic acids is 1. The van der Waals surface area contributed by atoms with Crippen LogP contribution in [0.25, 0.3) is 11.0 Å². The van der Waals surface area contributed by atoms with E-state index in [9.17, 15) is 4.79 Å². The standard InChI is InChI=1S/C22H23NO3/c1-22(2)17-13-14(25-12-11-23(3)4)9-10-15(17)20(24)19-16-7-5-6-8-18(16)26-21(19)22/h5-10,13H,11-12H2,1-4H3. The SMILES string of the molecule is CN(C)CCOc1ccc2c(c1)C(C)(C)c1oc3ccccc3c1C2=O. The summed E-state index contributed by atoms with van der Waals surface area (Å²) in [4.78, 5) is 15.3. The zero-order chi connectivity index (χ0) is 18.5. The summed E-state index contributed by atoms with van der Waals surface area (Å²) < 4.78 is 12.0. The van der Waals surface area contributed by atoms with Gasteiger partial charge in [0.1, 0.15) is 23.7 Å². The molecule has 1 aromatic heterocycles. The van der Waals surface area contributed by atoms with Crippen LogP contribution in [0.3, 0.4) is 0 Å². The molecule has 0 saturated carbocycles. The van der Waals surface area contributed by atoms with E-state index in [4.69, 9.17) is 9.15 Å². The highest BCUT2D eigenvalue weighted by Gasteiger charge is 2.41. The van der Waals surface area contributed by atoms with Gasteiger partial charge in [0.2, 0.25) is 0 Å². The maximum Gasteiger partial charge on any atom is 0.197 e. The van der Waals surface area contributed by atoms with Crippen molar-refractivity contribution in [2.24, 2.45) is 0 Å². The molecule has 4 rings (SSSR count). The Morgan fingerprint density at radius 1 is 1.12 bits per heavy atom. The molecule has 0 fully saturated rings. The predicted octanol–water partition coefficient (Wildman–Crippen LogP) is 4.24. The third kappa shape index (κ3) is 2.53. The first-order valence-electron chi connectivity index (χ1n) is 8.88. The molecule has 0 atom stereocenters. The molecule has 1 aliphatic rings. The van der Waals surface area contributed by atoms with Gasteiger partial charge in [0.25, 0.3) is 0 Å². The largest absolute Gasteiger partial charge is 0.492 e. The molecule has 3 aromatic rings. The smallest absolute Gasteiger partial charge is 0.197 e. The van der Waals surface area contributed by atoms with Crippen LogP contribution in [-0.2, 0) is 5.41 Å². The Hall–Kier alpha value is -2.59. The predicted molar refractivity (Wildman–Crippen MR) is 102 cm³/mol. The maximum atomic E-state index is 13.2. The van der Waals surface area contributed by atoms with Crippen LogP contribution in [-0.4, -0.2) is 37.9 Å². The summed E-state index contributed by atoms with van der Waals surface area (Å²) in [5.74, 6) is 1.55. The van der Waals surface area contributed by atoms with Gasteiger partial charge in [-0.1, -0.05) is 18.2 Å². The molecular weight excluding hydrogens is 326 g/mol. The zero-order valence-electron chi connectivity index (χ0n) is 15.6. The highest BCUT2D eigenvalue weighted by molar-refractivity contribution is 6.19. The fourth-order valence-corrected chi connectivity index (χ4v) is 3.64. The molecule has 0 aliphatic heterocycles. The number of nitrogens with zero attached hydrogens (tertiary/aromatic N) is 1. The number of fused-ring (bicyclic) bond motifs is 4. The number of rotatable bonds is 4. The summed E-state index contributed by atoms with van der Waals surface area (Å²) in [5, 5.41) is 0.887. The number of carbonyl (C=O) groups is 1. The number of hydrogen-bond donors (Lipinski definition) is 0. The number of furan rings is 1. The molecule has 2 aromatic carbocycles. The molecular formula is C22H23NO3. The highest BCUT2D eigenvalue weighted by Crippen LogP contribution is 2.46. The van der Waals surface area contributed by atoms with Gasteiger partial charge in [0, 0.05) is 22.9 Å². The van der Waals surface area contributed by atoms with E-state index in [2.05, 4.69) is 18.7 Å². The van der Waals surface area contributed by atoms with Crippen LogP contribution in [0.5, 0.6) is 5.75 Å². The molecule has 1 aliphatic carbocycles. The van der Waals surface area contributed by atoms with E-state index in [1.54, 1.807) is 0 Å². The topological polar surface area (TPSA) is 42.7 Å². The fourth-order valence-electron chi connectivity index (χ4n) is 3.64. The molecule has 0 radical (unpaired) electrons. The first kappa shape index (κ1) is 16.9. The van der Waals surface area contributed by atoms with E-state index < -0.39 is 5.41 Å². The van der Waals surface area contributed by atoms with Crippen LogP contribution in [0.1, 0.15) is 41.1 Å². The number of hydrogen-bond acceptors (Lipinski definition) is 4. The first-order chi connectivity index (χ1) is 12.4. The molecule has 0 saturated heterocycles. The lowest BCUT2D eigenvalue weighted by Crippen LogP contribution is -2.29. The summed E-state index contributed by atoms with van der Waals surface area (Å²) in [6, 6.07) is 13.5. The van der Waals surface area contributed by atoms with Crippen LogP contribution < -0.4 is 4.74 Å². The third-order valence-corrected chi connectivity index (χ3v) is 5.11. The first-order valence-corrected chi connectivity index (χ1v) is 8.88. The Kier molecular flexibility index (Phi) is 3.88. The molecule has 0 spiro atoms. The van der Waals surface area contributed by atoms with Gasteiger partial charge in [-0.15, -0.1) is 0 Å². The van der Waals surface area contributed by atoms with E-state index in [-0.39, 0.29) is 5.78 Å². The van der Waals surface area contributed by atoms with Crippen LogP contribution in [0.4, 0.5) is 0 Å². The molecule has 0 amide bonds. The second kappa shape index (κ2) is 5.99. The van der Waals surface area contributed by atoms with Crippen LogP contribution in [0.2, 0.25) is 0 Å². The van der Waals surface area contributed by atoms with Crippen molar-refractivity contribution in [3.63, 3.8) is 0 Å². The molecule has 0 N–H and O–H groups in total. The van der Waals surface area contributed by atoms with E-state index in [1.807, 2.05) is 56.6 Å². The molecule has 1 heterocycles. The Bertz CT molecular complexity index is 998. The monoisotopic (exact) mass is 349 g/mol.